The quantitative estimate of drug-likeness (QED) is 0.788. The number of ether oxygens (including phenoxy) is 1. The first-order chi connectivity index (χ1) is 8.72. The molecule has 5 nitrogen and oxygen atoms in total. The van der Waals surface area contributed by atoms with Gasteiger partial charge in [0.25, 0.3) is 0 Å². The maximum Gasteiger partial charge on any atom is 0.411 e. The normalized spacial score (nSPS) is 43.1. The van der Waals surface area contributed by atoms with Gasteiger partial charge in [-0.3, -0.25) is 4.90 Å². The van der Waals surface area contributed by atoms with Gasteiger partial charge in [0.1, 0.15) is 11.6 Å². The second kappa shape index (κ2) is 3.64. The molecule has 0 radical (unpaired) electrons. The van der Waals surface area contributed by atoms with Gasteiger partial charge in [-0.2, -0.15) is 0 Å². The molecule has 106 valence electrons. The zero-order valence-corrected chi connectivity index (χ0v) is 11.8. The first kappa shape index (κ1) is 12.8. The summed E-state index contributed by atoms with van der Waals surface area (Å²) >= 11 is 0. The van der Waals surface area contributed by atoms with E-state index in [0.29, 0.717) is 17.8 Å². The predicted molar refractivity (Wildman–Crippen MR) is 67.5 cm³/mol. The molecule has 2 aliphatic carbocycles. The van der Waals surface area contributed by atoms with Crippen molar-refractivity contribution in [1.29, 1.82) is 0 Å². The Kier molecular flexibility index (Phi) is 2.45. The van der Waals surface area contributed by atoms with Crippen molar-refractivity contribution in [3.8, 4) is 0 Å². The molecule has 0 aromatic heterocycles. The molecule has 2 saturated carbocycles. The van der Waals surface area contributed by atoms with E-state index in [0.717, 1.165) is 6.42 Å². The molecule has 1 N–H and O–H groups in total. The number of amides is 1. The van der Waals surface area contributed by atoms with E-state index in [1.807, 2.05) is 0 Å². The van der Waals surface area contributed by atoms with Crippen molar-refractivity contribution >= 4 is 12.1 Å². The van der Waals surface area contributed by atoms with Crippen molar-refractivity contribution in [2.45, 2.75) is 51.8 Å². The van der Waals surface area contributed by atoms with E-state index in [1.54, 1.807) is 20.8 Å². The second-order valence-electron chi connectivity index (χ2n) is 7.15. The molecular formula is C14H21NO4. The Balaban J connectivity index is 1.84. The summed E-state index contributed by atoms with van der Waals surface area (Å²) in [6, 6.07) is -0.619. The van der Waals surface area contributed by atoms with Crippen molar-refractivity contribution in [3.05, 3.63) is 0 Å². The van der Waals surface area contributed by atoms with Gasteiger partial charge >= 0.3 is 12.1 Å². The highest BCUT2D eigenvalue weighted by atomic mass is 16.6. The fourth-order valence-electron chi connectivity index (χ4n) is 4.32. The molecule has 2 bridgehead atoms. The molecule has 0 unspecified atom stereocenters. The lowest BCUT2D eigenvalue weighted by Crippen LogP contribution is -2.51. The molecule has 1 saturated heterocycles. The number of carboxylic acids is 1. The van der Waals surface area contributed by atoms with Crippen molar-refractivity contribution < 1.29 is 19.4 Å². The number of fused-ring (bicyclic) bond motifs is 5. The van der Waals surface area contributed by atoms with Crippen LogP contribution in [0, 0.1) is 23.7 Å². The van der Waals surface area contributed by atoms with E-state index in [2.05, 4.69) is 6.92 Å². The SMILES string of the molecule is C[C@H]1[C@H]2[C@H]3C[C@@H]([C@@H]12)N(C(=O)OC(C)(C)C)[C@@H]3C(=O)O. The van der Waals surface area contributed by atoms with Crippen molar-refractivity contribution in [1.82, 2.24) is 4.90 Å². The van der Waals surface area contributed by atoms with Crippen molar-refractivity contribution in [2.75, 3.05) is 0 Å². The monoisotopic (exact) mass is 267 g/mol. The minimum atomic E-state index is -0.893. The van der Waals surface area contributed by atoms with Crippen LogP contribution in [0.15, 0.2) is 0 Å². The number of nitrogens with zero attached hydrogens (tertiary/aromatic N) is 1. The standard InChI is InChI=1S/C14H21NO4/c1-6-9-7-5-8(10(6)9)15(11(7)12(16)17)13(18)19-14(2,3)4/h6-11H,5H2,1-4H3,(H,16,17)/t6-,7+,8-,9-,10+,11-/m0/s1. The maximum atomic E-state index is 12.3. The van der Waals surface area contributed by atoms with Gasteiger partial charge in [0.15, 0.2) is 0 Å². The van der Waals surface area contributed by atoms with Crippen LogP contribution in [0.1, 0.15) is 34.1 Å². The minimum absolute atomic E-state index is 0.0703. The Morgan fingerprint density at radius 3 is 2.42 bits per heavy atom. The Bertz CT molecular complexity index is 441. The van der Waals surface area contributed by atoms with Crippen LogP contribution >= 0.6 is 0 Å². The third-order valence-electron chi connectivity index (χ3n) is 4.89. The van der Waals surface area contributed by atoms with E-state index in [4.69, 9.17) is 4.74 Å². The molecule has 1 aliphatic heterocycles. The van der Waals surface area contributed by atoms with Gasteiger partial charge in [0.2, 0.25) is 0 Å². The van der Waals surface area contributed by atoms with Gasteiger partial charge in [0.05, 0.1) is 0 Å². The first-order valence-corrected chi connectivity index (χ1v) is 6.96. The Morgan fingerprint density at radius 1 is 1.26 bits per heavy atom. The lowest BCUT2D eigenvalue weighted by molar-refractivity contribution is -0.145. The number of carboxylic acid groups (broad SMARTS) is 1. The summed E-state index contributed by atoms with van der Waals surface area (Å²) in [5, 5.41) is 9.43. The van der Waals surface area contributed by atoms with E-state index >= 15 is 0 Å². The molecule has 19 heavy (non-hydrogen) atoms. The average Bonchev–Trinajstić information content (AvgIpc) is 2.69. The van der Waals surface area contributed by atoms with E-state index in [9.17, 15) is 14.7 Å². The van der Waals surface area contributed by atoms with Crippen LogP contribution in [0.5, 0.6) is 0 Å². The van der Waals surface area contributed by atoms with E-state index in [-0.39, 0.29) is 12.0 Å². The molecule has 5 heteroatoms. The van der Waals surface area contributed by atoms with Crippen molar-refractivity contribution in [2.24, 2.45) is 23.7 Å². The third-order valence-corrected chi connectivity index (χ3v) is 4.89. The van der Waals surface area contributed by atoms with Crippen LogP contribution in [0.25, 0.3) is 0 Å². The molecule has 0 spiro atoms. The zero-order chi connectivity index (χ0) is 14.1. The predicted octanol–water partition coefficient (Wildman–Crippen LogP) is 1.96. The van der Waals surface area contributed by atoms with Gasteiger partial charge in [0, 0.05) is 6.04 Å². The number of hydrogen-bond acceptors (Lipinski definition) is 3. The lowest BCUT2D eigenvalue weighted by atomic mass is 9.95. The number of piperidine rings is 1. The van der Waals surface area contributed by atoms with Gasteiger partial charge in [-0.15, -0.1) is 0 Å². The van der Waals surface area contributed by atoms with E-state index in [1.165, 1.54) is 4.90 Å². The molecule has 0 aromatic carbocycles. The Labute approximate surface area is 112 Å². The summed E-state index contributed by atoms with van der Waals surface area (Å²) in [4.78, 5) is 25.3. The van der Waals surface area contributed by atoms with Crippen LogP contribution in [-0.4, -0.2) is 39.8 Å². The molecule has 6 atom stereocenters. The van der Waals surface area contributed by atoms with Crippen LogP contribution in [0.4, 0.5) is 4.79 Å². The van der Waals surface area contributed by atoms with Crippen molar-refractivity contribution in [3.63, 3.8) is 0 Å². The maximum absolute atomic E-state index is 12.3. The highest BCUT2D eigenvalue weighted by Crippen LogP contribution is 2.67. The number of carbonyl (C=O) groups excluding carboxylic acids is 1. The number of aliphatic carboxylic acids is 1. The first-order valence-electron chi connectivity index (χ1n) is 6.96. The van der Waals surface area contributed by atoms with Gasteiger partial charge in [-0.1, -0.05) is 6.92 Å². The number of rotatable bonds is 1. The van der Waals surface area contributed by atoms with Gasteiger partial charge in [-0.05, 0) is 50.9 Å². The third kappa shape index (κ3) is 1.74. The largest absolute Gasteiger partial charge is 0.480 e. The molecule has 3 aliphatic rings. The number of hydrogen-bond donors (Lipinski definition) is 1. The fraction of sp³-hybridized carbons (Fsp3) is 0.857. The molecular weight excluding hydrogens is 246 g/mol. The summed E-state index contributed by atoms with van der Waals surface area (Å²) in [6.45, 7) is 7.57. The summed E-state index contributed by atoms with van der Waals surface area (Å²) < 4.78 is 5.38. The highest BCUT2D eigenvalue weighted by molar-refractivity contribution is 5.82. The van der Waals surface area contributed by atoms with Crippen LogP contribution < -0.4 is 0 Å². The number of likely N-dealkylation sites (tertiary alicyclic amines) is 1. The van der Waals surface area contributed by atoms with Crippen LogP contribution in [0.2, 0.25) is 0 Å². The summed E-state index contributed by atoms with van der Waals surface area (Å²) in [5.41, 5.74) is -0.587. The summed E-state index contributed by atoms with van der Waals surface area (Å²) in [5.74, 6) is 0.780. The Hall–Kier alpha value is -1.26. The van der Waals surface area contributed by atoms with Crippen LogP contribution in [0.3, 0.4) is 0 Å². The lowest BCUT2D eigenvalue weighted by Gasteiger charge is -2.34. The Morgan fingerprint density at radius 2 is 1.89 bits per heavy atom. The molecule has 3 fully saturated rings. The number of carbonyl (C=O) groups is 2. The molecule has 1 heterocycles. The minimum Gasteiger partial charge on any atom is -0.480 e. The average molecular weight is 267 g/mol. The zero-order valence-electron chi connectivity index (χ0n) is 11.8. The molecule has 3 rings (SSSR count). The van der Waals surface area contributed by atoms with Gasteiger partial charge < -0.3 is 9.84 Å². The van der Waals surface area contributed by atoms with E-state index < -0.39 is 23.7 Å². The van der Waals surface area contributed by atoms with Gasteiger partial charge in [-0.25, -0.2) is 9.59 Å². The second-order valence-corrected chi connectivity index (χ2v) is 7.15. The van der Waals surface area contributed by atoms with Crippen LogP contribution in [-0.2, 0) is 9.53 Å². The summed E-state index contributed by atoms with van der Waals surface area (Å²) in [6.07, 6.45) is 0.362. The summed E-state index contributed by atoms with van der Waals surface area (Å²) in [7, 11) is 0. The topological polar surface area (TPSA) is 66.8 Å². The molecule has 1 amide bonds. The molecule has 0 aromatic rings. The highest BCUT2D eigenvalue weighted by Gasteiger charge is 2.71. The fourth-order valence-corrected chi connectivity index (χ4v) is 4.32. The smallest absolute Gasteiger partial charge is 0.411 e.